The molecule has 5 nitrogen and oxygen atoms in total. The number of benzene rings is 2. The monoisotopic (exact) mass is 440 g/mol. The lowest BCUT2D eigenvalue weighted by molar-refractivity contribution is 0.102. The number of alkyl halides is 2. The number of halogens is 2. The maximum atomic E-state index is 12.6. The summed E-state index contributed by atoms with van der Waals surface area (Å²) in [7, 11) is -4.68. The summed E-state index contributed by atoms with van der Waals surface area (Å²) in [6.07, 6.45) is 0. The molecule has 0 spiro atoms. The molecule has 1 amide bonds. The number of thioether (sulfide) groups is 1. The van der Waals surface area contributed by atoms with Crippen LogP contribution < -0.4 is 5.32 Å². The normalized spacial score (nSPS) is 15.4. The van der Waals surface area contributed by atoms with Crippen LogP contribution in [-0.2, 0) is 16.4 Å². The molecule has 0 aliphatic carbocycles. The molecule has 2 aromatic rings. The van der Waals surface area contributed by atoms with Gasteiger partial charge in [-0.25, -0.2) is 8.42 Å². The Labute approximate surface area is 173 Å². The highest BCUT2D eigenvalue weighted by atomic mass is 32.2. The Hall–Kier alpha value is -1.97. The van der Waals surface area contributed by atoms with Crippen molar-refractivity contribution in [3.8, 4) is 0 Å². The summed E-state index contributed by atoms with van der Waals surface area (Å²) in [5.74, 6) is -1.69. The van der Waals surface area contributed by atoms with E-state index in [4.69, 9.17) is 0 Å². The molecule has 1 fully saturated rings. The third-order valence-corrected chi connectivity index (χ3v) is 7.21. The van der Waals surface area contributed by atoms with Gasteiger partial charge >= 0.3 is 5.76 Å². The highest BCUT2D eigenvalue weighted by Crippen LogP contribution is 2.23. The molecule has 0 bridgehead atoms. The lowest BCUT2D eigenvalue weighted by atomic mass is 10.1. The van der Waals surface area contributed by atoms with Crippen molar-refractivity contribution in [3.05, 3.63) is 59.2 Å². The fourth-order valence-corrected chi connectivity index (χ4v) is 4.78. The Morgan fingerprint density at radius 1 is 1.14 bits per heavy atom. The zero-order valence-electron chi connectivity index (χ0n) is 15.9. The molecule has 0 saturated carbocycles. The van der Waals surface area contributed by atoms with Crippen LogP contribution in [0.15, 0.2) is 47.4 Å². The van der Waals surface area contributed by atoms with Crippen LogP contribution in [0.25, 0.3) is 0 Å². The first-order chi connectivity index (χ1) is 13.8. The Morgan fingerprint density at radius 2 is 1.79 bits per heavy atom. The van der Waals surface area contributed by atoms with Crippen molar-refractivity contribution in [2.24, 2.45) is 0 Å². The quantitative estimate of drug-likeness (QED) is 0.740. The summed E-state index contributed by atoms with van der Waals surface area (Å²) < 4.78 is 48.2. The zero-order chi connectivity index (χ0) is 21.0. The number of hydrogen-bond acceptors (Lipinski definition) is 5. The van der Waals surface area contributed by atoms with Crippen LogP contribution in [0.4, 0.5) is 14.5 Å². The molecule has 3 rings (SSSR count). The topological polar surface area (TPSA) is 66.5 Å². The Kier molecular flexibility index (Phi) is 6.92. The summed E-state index contributed by atoms with van der Waals surface area (Å²) in [4.78, 5) is 14.4. The molecule has 0 aromatic heterocycles. The van der Waals surface area contributed by atoms with E-state index in [-0.39, 0.29) is 5.56 Å². The highest BCUT2D eigenvalue weighted by molar-refractivity contribution is 7.99. The van der Waals surface area contributed by atoms with Crippen LogP contribution >= 0.6 is 11.8 Å². The van der Waals surface area contributed by atoms with E-state index in [2.05, 4.69) is 10.2 Å². The van der Waals surface area contributed by atoms with E-state index >= 15 is 0 Å². The molecule has 2 aromatic carbocycles. The van der Waals surface area contributed by atoms with Crippen molar-refractivity contribution >= 4 is 33.2 Å². The lowest BCUT2D eigenvalue weighted by Crippen LogP contribution is -2.32. The first-order valence-electron chi connectivity index (χ1n) is 9.11. The van der Waals surface area contributed by atoms with Crippen LogP contribution in [0.2, 0.25) is 0 Å². The van der Waals surface area contributed by atoms with Crippen molar-refractivity contribution < 1.29 is 22.0 Å². The second-order valence-electron chi connectivity index (χ2n) is 6.76. The van der Waals surface area contributed by atoms with Crippen LogP contribution in [0, 0.1) is 6.92 Å². The summed E-state index contributed by atoms with van der Waals surface area (Å²) in [6.45, 7) is 4.83. The SMILES string of the molecule is Cc1c(CN2CCSCC2)cccc1NC(=O)c1ccc(S(=O)(=O)C(F)F)cc1. The minimum atomic E-state index is -4.68. The van der Waals surface area contributed by atoms with Crippen LogP contribution in [0.3, 0.4) is 0 Å². The molecule has 29 heavy (non-hydrogen) atoms. The fraction of sp³-hybridized carbons (Fsp3) is 0.350. The number of hydrogen-bond donors (Lipinski definition) is 1. The van der Waals surface area contributed by atoms with E-state index in [1.807, 2.05) is 30.8 Å². The minimum Gasteiger partial charge on any atom is -0.322 e. The zero-order valence-corrected chi connectivity index (χ0v) is 17.5. The third kappa shape index (κ3) is 5.15. The summed E-state index contributed by atoms with van der Waals surface area (Å²) in [5.41, 5.74) is 2.96. The maximum Gasteiger partial charge on any atom is 0.341 e. The van der Waals surface area contributed by atoms with Gasteiger partial charge in [0.2, 0.25) is 9.84 Å². The number of nitrogens with one attached hydrogen (secondary N) is 1. The average molecular weight is 441 g/mol. The second-order valence-corrected chi connectivity index (χ2v) is 9.90. The molecule has 156 valence electrons. The van der Waals surface area contributed by atoms with Gasteiger partial charge in [0.25, 0.3) is 5.91 Å². The molecule has 9 heteroatoms. The van der Waals surface area contributed by atoms with Crippen LogP contribution in [0.5, 0.6) is 0 Å². The highest BCUT2D eigenvalue weighted by Gasteiger charge is 2.26. The molecule has 0 atom stereocenters. The van der Waals surface area contributed by atoms with Crippen LogP contribution in [0.1, 0.15) is 21.5 Å². The number of amides is 1. The molecule has 1 heterocycles. The fourth-order valence-electron chi connectivity index (χ4n) is 3.08. The van der Waals surface area contributed by atoms with Crippen molar-refractivity contribution in [3.63, 3.8) is 0 Å². The summed E-state index contributed by atoms with van der Waals surface area (Å²) >= 11 is 1.95. The van der Waals surface area contributed by atoms with Gasteiger partial charge in [-0.1, -0.05) is 12.1 Å². The molecular formula is C20H22F2N2O3S2. The number of sulfone groups is 1. The summed E-state index contributed by atoms with van der Waals surface area (Å²) in [6, 6.07) is 10.2. The van der Waals surface area contributed by atoms with Gasteiger partial charge in [-0.3, -0.25) is 9.69 Å². The Bertz CT molecular complexity index is 974. The molecule has 1 saturated heterocycles. The van der Waals surface area contributed by atoms with E-state index < -0.39 is 26.4 Å². The van der Waals surface area contributed by atoms with Crippen molar-refractivity contribution in [1.82, 2.24) is 4.90 Å². The molecule has 1 aliphatic heterocycles. The predicted molar refractivity (Wildman–Crippen MR) is 111 cm³/mol. The lowest BCUT2D eigenvalue weighted by Gasteiger charge is -2.27. The number of nitrogens with zero attached hydrogens (tertiary/aromatic N) is 1. The number of rotatable bonds is 6. The molecule has 1 N–H and O–H groups in total. The number of carbonyl (C=O) groups is 1. The van der Waals surface area contributed by atoms with E-state index in [1.54, 1.807) is 6.07 Å². The van der Waals surface area contributed by atoms with Gasteiger partial charge < -0.3 is 5.32 Å². The molecule has 0 unspecified atom stereocenters. The van der Waals surface area contributed by atoms with Gasteiger partial charge in [0.1, 0.15) is 0 Å². The molecule has 1 aliphatic rings. The largest absolute Gasteiger partial charge is 0.341 e. The Morgan fingerprint density at radius 3 is 2.41 bits per heavy atom. The second kappa shape index (κ2) is 9.23. The standard InChI is InChI=1S/C20H22F2N2O3S2/c1-14-16(13-24-9-11-28-12-10-24)3-2-4-18(14)23-19(25)15-5-7-17(8-6-15)29(26,27)20(21)22/h2-8,20H,9-13H2,1H3,(H,23,25). The van der Waals surface area contributed by atoms with E-state index in [9.17, 15) is 22.0 Å². The first-order valence-corrected chi connectivity index (χ1v) is 11.8. The van der Waals surface area contributed by atoms with E-state index in [0.29, 0.717) is 5.69 Å². The Balaban J connectivity index is 1.73. The van der Waals surface area contributed by atoms with Crippen molar-refractivity contribution in [1.29, 1.82) is 0 Å². The van der Waals surface area contributed by atoms with Gasteiger partial charge in [0, 0.05) is 42.4 Å². The van der Waals surface area contributed by atoms with Gasteiger partial charge in [0.15, 0.2) is 0 Å². The maximum absolute atomic E-state index is 12.6. The third-order valence-electron chi connectivity index (χ3n) is 4.87. The number of carbonyl (C=O) groups excluding carboxylic acids is 1. The predicted octanol–water partition coefficient (Wildman–Crippen LogP) is 3.79. The first kappa shape index (κ1) is 21.7. The van der Waals surface area contributed by atoms with Gasteiger partial charge in [-0.15, -0.1) is 0 Å². The van der Waals surface area contributed by atoms with Crippen molar-refractivity contribution in [2.45, 2.75) is 24.1 Å². The van der Waals surface area contributed by atoms with Gasteiger partial charge in [-0.05, 0) is 48.4 Å². The smallest absolute Gasteiger partial charge is 0.322 e. The average Bonchev–Trinajstić information content (AvgIpc) is 2.71. The molecular weight excluding hydrogens is 418 g/mol. The van der Waals surface area contributed by atoms with E-state index in [0.717, 1.165) is 54.4 Å². The van der Waals surface area contributed by atoms with Gasteiger partial charge in [-0.2, -0.15) is 20.5 Å². The summed E-state index contributed by atoms with van der Waals surface area (Å²) in [5, 5.41) is 2.83. The van der Waals surface area contributed by atoms with E-state index in [1.165, 1.54) is 12.1 Å². The van der Waals surface area contributed by atoms with Crippen LogP contribution in [-0.4, -0.2) is 49.6 Å². The molecule has 0 radical (unpaired) electrons. The van der Waals surface area contributed by atoms with Gasteiger partial charge in [0.05, 0.1) is 4.90 Å². The minimum absolute atomic E-state index is 0.191. The van der Waals surface area contributed by atoms with Crippen molar-refractivity contribution in [2.75, 3.05) is 29.9 Å². The number of anilines is 1.